The summed E-state index contributed by atoms with van der Waals surface area (Å²) in [6.45, 7) is 16.7. The van der Waals surface area contributed by atoms with Gasteiger partial charge < -0.3 is 9.80 Å². The van der Waals surface area contributed by atoms with Gasteiger partial charge in [-0.25, -0.2) is 19.9 Å². The van der Waals surface area contributed by atoms with Crippen LogP contribution < -0.4 is 0 Å². The number of rotatable bonds is 18. The van der Waals surface area contributed by atoms with E-state index in [0.29, 0.717) is 25.7 Å². The topological polar surface area (TPSA) is 176 Å². The number of aryl methyl sites for hydroxylation is 3. The fourth-order valence-electron chi connectivity index (χ4n) is 10.6. The molecule has 0 spiro atoms. The molecule has 2 aliphatic heterocycles. The molecule has 18 heteroatoms. The summed E-state index contributed by atoms with van der Waals surface area (Å²) in [5.41, 5.74) is 16.8. The van der Waals surface area contributed by atoms with E-state index in [4.69, 9.17) is 9.97 Å². The van der Waals surface area contributed by atoms with E-state index in [0.717, 1.165) is 171 Å². The van der Waals surface area contributed by atoms with Gasteiger partial charge in [-0.3, -0.25) is 29.4 Å². The third-order valence-corrected chi connectivity index (χ3v) is 17.4. The SMILES string of the molecule is Cc1ccc(CC(=O)c2ccc(CN3CCN(C)CC3)cc2)cc1Cc1nccc(-c2cncc(-c3cnns3)c2)n1.Cc1ccc(CC(=O)c2ccc(CN3CCN(C)CC3)cc2)cc1Cc1nccc(-c2cncc(-c3snnc3C)c2)n1. The number of Topliss-reactive ketones (excluding diaryl/α,β-unsaturated/α-hetero) is 2. The molecule has 4 aromatic carbocycles. The smallest absolute Gasteiger partial charge is 0.167 e. The van der Waals surface area contributed by atoms with Gasteiger partial charge in [0.1, 0.15) is 11.6 Å². The van der Waals surface area contributed by atoms with Gasteiger partial charge in [0, 0.05) is 162 Å². The molecule has 8 heterocycles. The molecule has 0 aliphatic carbocycles. The second kappa shape index (κ2) is 27.6. The van der Waals surface area contributed by atoms with Crippen LogP contribution in [0.15, 0.2) is 153 Å². The number of aromatic nitrogens is 10. The Bertz CT molecular complexity index is 3890. The lowest BCUT2D eigenvalue weighted by Gasteiger charge is -2.32. The Hall–Kier alpha value is -8.36. The zero-order valence-corrected chi connectivity index (χ0v) is 50.4. The first-order valence-corrected chi connectivity index (χ1v) is 30.3. The van der Waals surface area contributed by atoms with Gasteiger partial charge in [-0.2, -0.15) is 0 Å². The molecular weight excluding hydrogens is 1100 g/mol. The van der Waals surface area contributed by atoms with Crippen molar-refractivity contribution in [3.05, 3.63) is 226 Å². The summed E-state index contributed by atoms with van der Waals surface area (Å²) in [5.74, 6) is 1.69. The molecule has 2 aliphatic rings. The van der Waals surface area contributed by atoms with Gasteiger partial charge in [0.05, 0.1) is 33.0 Å². The number of pyridine rings is 2. The number of nitrogens with zero attached hydrogens (tertiary/aromatic N) is 14. The molecule has 6 aromatic heterocycles. The maximum atomic E-state index is 13.2. The van der Waals surface area contributed by atoms with Crippen LogP contribution >= 0.6 is 23.1 Å². The van der Waals surface area contributed by atoms with Crippen molar-refractivity contribution >= 4 is 34.6 Å². The van der Waals surface area contributed by atoms with Crippen LogP contribution in [0.2, 0.25) is 0 Å². The average Bonchev–Trinajstić information content (AvgIpc) is 4.28. The van der Waals surface area contributed by atoms with Crippen molar-refractivity contribution in [3.8, 4) is 43.4 Å². The Morgan fingerprint density at radius 1 is 0.482 bits per heavy atom. The van der Waals surface area contributed by atoms with Crippen LogP contribution in [0.25, 0.3) is 43.4 Å². The first-order chi connectivity index (χ1) is 41.4. The standard InChI is InChI=1S/C34H35N7OS.C33H33N7OS/c1-23-4-5-26(17-32(42)27-8-6-25(7-9-27)22-41-14-12-40(3)13-15-41)16-28(23)19-33-36-11-10-31(37-33)29-18-30(21-35-20-29)34-24(2)38-39-43-34;1-23-3-4-25(16-31(41)26-7-5-24(6-8-26)22-40-13-11-39(2)12-14-40)15-27(23)18-33-35-10-9-30(37-33)28-17-29(20-34-19-28)32-21-36-38-42-32/h4-11,16,18,20-21H,12-15,17,19,22H2,1-3H3;3-10,15,17,19-21H,11-14,16,18,22H2,1-2H3. The molecule has 0 N–H and O–H groups in total. The number of carbonyl (C=O) groups excluding carboxylic acids is 2. The minimum atomic E-state index is 0.123. The molecule has 0 atom stereocenters. The van der Waals surface area contributed by atoms with E-state index in [1.54, 1.807) is 31.0 Å². The summed E-state index contributed by atoms with van der Waals surface area (Å²) in [5, 5.41) is 8.05. The Kier molecular flexibility index (Phi) is 18.9. The van der Waals surface area contributed by atoms with Gasteiger partial charge in [0.25, 0.3) is 0 Å². The highest BCUT2D eigenvalue weighted by Gasteiger charge is 2.19. The molecule has 0 radical (unpaired) electrons. The van der Waals surface area contributed by atoms with Crippen LogP contribution in [0.1, 0.15) is 82.6 Å². The highest BCUT2D eigenvalue weighted by Crippen LogP contribution is 2.30. The minimum Gasteiger partial charge on any atom is -0.304 e. The Morgan fingerprint density at radius 3 is 1.40 bits per heavy atom. The van der Waals surface area contributed by atoms with Crippen LogP contribution in [-0.2, 0) is 38.8 Å². The van der Waals surface area contributed by atoms with Crippen molar-refractivity contribution in [3.63, 3.8) is 0 Å². The van der Waals surface area contributed by atoms with Crippen LogP contribution in [0, 0.1) is 20.8 Å². The quantitative estimate of drug-likeness (QED) is 0.0741. The van der Waals surface area contributed by atoms with E-state index in [1.165, 1.54) is 34.2 Å². The van der Waals surface area contributed by atoms with Crippen LogP contribution in [-0.4, -0.2) is 147 Å². The number of hydrogen-bond acceptors (Lipinski definition) is 18. The van der Waals surface area contributed by atoms with Crippen molar-refractivity contribution in [2.45, 2.75) is 59.5 Å². The number of likely N-dealkylation sites (N-methyl/N-ethyl adjacent to an activating group) is 2. The Labute approximate surface area is 505 Å². The van der Waals surface area contributed by atoms with E-state index in [1.807, 2.05) is 73.9 Å². The van der Waals surface area contributed by atoms with E-state index in [9.17, 15) is 9.59 Å². The van der Waals surface area contributed by atoms with Crippen LogP contribution in [0.4, 0.5) is 0 Å². The van der Waals surface area contributed by atoms with Crippen molar-refractivity contribution in [1.82, 2.24) is 68.7 Å². The third-order valence-electron chi connectivity index (χ3n) is 15.8. The van der Waals surface area contributed by atoms with Gasteiger partial charge in [-0.05, 0) is 127 Å². The molecule has 0 unspecified atom stereocenters. The molecule has 16 nitrogen and oxygen atoms in total. The lowest BCUT2D eigenvalue weighted by molar-refractivity contribution is 0.0984. The van der Waals surface area contributed by atoms with E-state index in [2.05, 4.69) is 141 Å². The zero-order chi connectivity index (χ0) is 58.7. The summed E-state index contributed by atoms with van der Waals surface area (Å²) in [6, 6.07) is 36.7. The van der Waals surface area contributed by atoms with E-state index in [-0.39, 0.29) is 11.6 Å². The second-order valence-electron chi connectivity index (χ2n) is 22.2. The molecule has 2 saturated heterocycles. The van der Waals surface area contributed by atoms with Crippen LogP contribution in [0.5, 0.6) is 0 Å². The molecule has 2 fully saturated rings. The monoisotopic (exact) mass is 1160 g/mol. The van der Waals surface area contributed by atoms with E-state index >= 15 is 0 Å². The molecule has 12 rings (SSSR count). The molecule has 10 aromatic rings. The van der Waals surface area contributed by atoms with Gasteiger partial charge in [0.2, 0.25) is 0 Å². The largest absolute Gasteiger partial charge is 0.304 e. The number of ketones is 2. The number of benzene rings is 4. The fourth-order valence-corrected chi connectivity index (χ4v) is 11.7. The minimum absolute atomic E-state index is 0.123. The maximum absolute atomic E-state index is 13.2. The molecule has 85 heavy (non-hydrogen) atoms. The molecule has 0 amide bonds. The van der Waals surface area contributed by atoms with Gasteiger partial charge in [-0.15, -0.1) is 10.2 Å². The summed E-state index contributed by atoms with van der Waals surface area (Å²) in [7, 11) is 4.34. The summed E-state index contributed by atoms with van der Waals surface area (Å²) < 4.78 is 8.00. The lowest BCUT2D eigenvalue weighted by atomic mass is 9.97. The summed E-state index contributed by atoms with van der Waals surface area (Å²) in [4.78, 5) is 65.6. The number of hydrogen-bond donors (Lipinski definition) is 0. The lowest BCUT2D eigenvalue weighted by Crippen LogP contribution is -2.43. The molecular formula is C67H68N14O2S2. The Balaban J connectivity index is 0.000000177. The third kappa shape index (κ3) is 15.5. The number of piperazine rings is 2. The molecule has 0 bridgehead atoms. The first-order valence-electron chi connectivity index (χ1n) is 28.8. The number of carbonyl (C=O) groups is 2. The normalized spacial score (nSPS) is 14.2. The molecule has 0 saturated carbocycles. The first kappa shape index (κ1) is 58.4. The maximum Gasteiger partial charge on any atom is 0.167 e. The highest BCUT2D eigenvalue weighted by atomic mass is 32.1. The summed E-state index contributed by atoms with van der Waals surface area (Å²) >= 11 is 2.70. The molecule has 430 valence electrons. The predicted octanol–water partition coefficient (Wildman–Crippen LogP) is 10.6. The second-order valence-corrected chi connectivity index (χ2v) is 23.8. The van der Waals surface area contributed by atoms with Crippen molar-refractivity contribution in [1.29, 1.82) is 0 Å². The predicted molar refractivity (Wildman–Crippen MR) is 336 cm³/mol. The van der Waals surface area contributed by atoms with Gasteiger partial charge in [0.15, 0.2) is 11.6 Å². The van der Waals surface area contributed by atoms with E-state index < -0.39 is 0 Å². The van der Waals surface area contributed by atoms with Crippen LogP contribution in [0.3, 0.4) is 0 Å². The van der Waals surface area contributed by atoms with Crippen molar-refractivity contribution < 1.29 is 9.59 Å². The van der Waals surface area contributed by atoms with Gasteiger partial charge >= 0.3 is 0 Å². The zero-order valence-electron chi connectivity index (χ0n) is 48.7. The average molecular weight is 1170 g/mol. The summed E-state index contributed by atoms with van der Waals surface area (Å²) in [6.07, 6.45) is 14.4. The van der Waals surface area contributed by atoms with Gasteiger partial charge in [-0.1, -0.05) is 93.9 Å². The van der Waals surface area contributed by atoms with Crippen molar-refractivity contribution in [2.75, 3.05) is 66.5 Å². The Morgan fingerprint density at radius 2 is 0.941 bits per heavy atom. The highest BCUT2D eigenvalue weighted by molar-refractivity contribution is 7.09. The van der Waals surface area contributed by atoms with Crippen molar-refractivity contribution in [2.24, 2.45) is 0 Å². The fraction of sp³-hybridized carbons (Fsp3) is 0.284.